The van der Waals surface area contributed by atoms with Crippen molar-refractivity contribution in [2.45, 2.75) is 11.8 Å². The van der Waals surface area contributed by atoms with E-state index in [1.165, 1.54) is 44.3 Å². The van der Waals surface area contributed by atoms with Crippen LogP contribution in [0.4, 0.5) is 0 Å². The number of hydrogen-bond acceptors (Lipinski definition) is 3. The van der Waals surface area contributed by atoms with Crippen molar-refractivity contribution in [3.8, 4) is 0 Å². The van der Waals surface area contributed by atoms with Crippen LogP contribution < -0.4 is 0 Å². The van der Waals surface area contributed by atoms with Crippen LogP contribution in [0.5, 0.6) is 0 Å². The predicted molar refractivity (Wildman–Crippen MR) is 67.8 cm³/mol. The van der Waals surface area contributed by atoms with Gasteiger partial charge in [0, 0.05) is 12.1 Å². The van der Waals surface area contributed by atoms with Crippen molar-refractivity contribution in [2.24, 2.45) is 0 Å². The molecule has 0 radical (unpaired) electrons. The van der Waals surface area contributed by atoms with Gasteiger partial charge in [-0.25, -0.2) is 13.2 Å². The zero-order chi connectivity index (χ0) is 13.9. The number of sulfonamides is 1. The van der Waals surface area contributed by atoms with Gasteiger partial charge in [-0.3, -0.25) is 4.31 Å². The molecule has 5 nitrogen and oxygen atoms in total. The molecule has 0 unspecified atom stereocenters. The molecule has 0 amide bonds. The van der Waals surface area contributed by atoms with Gasteiger partial charge in [0.25, 0.3) is 10.0 Å². The van der Waals surface area contributed by atoms with E-state index < -0.39 is 16.0 Å². The number of carboxylic acid groups (broad SMARTS) is 1. The van der Waals surface area contributed by atoms with Crippen LogP contribution in [0.15, 0.2) is 40.9 Å². The average Bonchev–Trinajstić information content (AvgIpc) is 2.29. The first-order chi connectivity index (χ1) is 8.30. The lowest BCUT2D eigenvalue weighted by atomic mass is 10.4. The van der Waals surface area contributed by atoms with E-state index in [4.69, 9.17) is 16.7 Å². The Morgan fingerprint density at radius 3 is 2.22 bits per heavy atom. The van der Waals surface area contributed by atoms with Crippen molar-refractivity contribution in [3.63, 3.8) is 0 Å². The molecule has 0 fully saturated rings. The van der Waals surface area contributed by atoms with Gasteiger partial charge in [-0.2, -0.15) is 0 Å². The van der Waals surface area contributed by atoms with Gasteiger partial charge in [-0.1, -0.05) is 17.7 Å². The summed E-state index contributed by atoms with van der Waals surface area (Å²) < 4.78 is 25.0. The van der Waals surface area contributed by atoms with E-state index in [0.29, 0.717) is 5.02 Å². The van der Waals surface area contributed by atoms with Gasteiger partial charge in [0.05, 0.1) is 4.90 Å². The molecule has 98 valence electrons. The molecule has 1 aromatic carbocycles. The lowest BCUT2D eigenvalue weighted by Gasteiger charge is -2.19. The molecule has 1 aromatic rings. The van der Waals surface area contributed by atoms with Crippen LogP contribution in [0.3, 0.4) is 0 Å². The Hall–Kier alpha value is -1.53. The van der Waals surface area contributed by atoms with Crippen molar-refractivity contribution in [1.29, 1.82) is 0 Å². The number of halogens is 1. The topological polar surface area (TPSA) is 74.7 Å². The zero-order valence-corrected chi connectivity index (χ0v) is 11.4. The molecule has 1 N–H and O–H groups in total. The molecule has 0 aliphatic heterocycles. The highest BCUT2D eigenvalue weighted by molar-refractivity contribution is 7.89. The molecular formula is C11H12ClNO4S. The SMILES string of the molecule is CC=C(C(=O)O)N(C)S(=O)(=O)c1ccc(Cl)cc1. The standard InChI is InChI=1S/C11H12ClNO4S/c1-3-10(11(14)15)13(2)18(16,17)9-6-4-8(12)5-7-9/h3-7H,1-2H3,(H,14,15). The summed E-state index contributed by atoms with van der Waals surface area (Å²) in [5, 5.41) is 9.31. The quantitative estimate of drug-likeness (QED) is 0.860. The Labute approximate surface area is 110 Å². The number of carbonyl (C=O) groups is 1. The number of nitrogens with zero attached hydrogens (tertiary/aromatic N) is 1. The summed E-state index contributed by atoms with van der Waals surface area (Å²) in [7, 11) is -2.70. The fourth-order valence-electron chi connectivity index (χ4n) is 1.33. The Balaban J connectivity index is 3.22. The van der Waals surface area contributed by atoms with E-state index in [1.54, 1.807) is 0 Å². The minimum atomic E-state index is -3.89. The van der Waals surface area contributed by atoms with Crippen molar-refractivity contribution in [1.82, 2.24) is 4.31 Å². The molecule has 7 heteroatoms. The summed E-state index contributed by atoms with van der Waals surface area (Å²) >= 11 is 5.67. The van der Waals surface area contributed by atoms with Crippen LogP contribution in [0, 0.1) is 0 Å². The number of hydrogen-bond donors (Lipinski definition) is 1. The Bertz CT molecular complexity index is 578. The molecule has 0 saturated heterocycles. The number of rotatable bonds is 4. The third-order valence-corrected chi connectivity index (χ3v) is 4.34. The van der Waals surface area contributed by atoms with Crippen molar-refractivity contribution in [3.05, 3.63) is 41.1 Å². The maximum atomic E-state index is 12.1. The summed E-state index contributed by atoms with van der Waals surface area (Å²) in [6, 6.07) is 5.50. The zero-order valence-electron chi connectivity index (χ0n) is 9.79. The minimum absolute atomic E-state index is 0.0185. The van der Waals surface area contributed by atoms with Crippen LogP contribution in [0.2, 0.25) is 5.02 Å². The van der Waals surface area contributed by atoms with E-state index in [9.17, 15) is 13.2 Å². The van der Waals surface area contributed by atoms with Gasteiger partial charge in [0.15, 0.2) is 0 Å². The molecule has 0 saturated carbocycles. The first-order valence-electron chi connectivity index (χ1n) is 4.94. The largest absolute Gasteiger partial charge is 0.477 e. The third kappa shape index (κ3) is 2.83. The average molecular weight is 290 g/mol. The van der Waals surface area contributed by atoms with Gasteiger partial charge in [0.1, 0.15) is 5.70 Å². The van der Waals surface area contributed by atoms with Gasteiger partial charge in [0.2, 0.25) is 0 Å². The fraction of sp³-hybridized carbons (Fsp3) is 0.182. The van der Waals surface area contributed by atoms with Crippen molar-refractivity contribution < 1.29 is 18.3 Å². The maximum absolute atomic E-state index is 12.1. The lowest BCUT2D eigenvalue weighted by Crippen LogP contribution is -2.30. The summed E-state index contributed by atoms with van der Waals surface area (Å²) in [5.74, 6) is -1.31. The first-order valence-corrected chi connectivity index (χ1v) is 6.76. The maximum Gasteiger partial charge on any atom is 0.352 e. The molecule has 0 aliphatic rings. The first kappa shape index (κ1) is 14.5. The summed E-state index contributed by atoms with van der Waals surface area (Å²) in [6.07, 6.45) is 1.22. The normalized spacial score (nSPS) is 12.3. The molecule has 0 aliphatic carbocycles. The predicted octanol–water partition coefficient (Wildman–Crippen LogP) is 1.95. The van der Waals surface area contributed by atoms with Crippen molar-refractivity contribution in [2.75, 3.05) is 7.05 Å². The number of carboxylic acids is 1. The molecule has 1 rings (SSSR count). The van der Waals surface area contributed by atoms with Gasteiger partial charge in [-0.05, 0) is 31.2 Å². The molecule has 0 atom stereocenters. The second-order valence-electron chi connectivity index (χ2n) is 3.41. The molecule has 18 heavy (non-hydrogen) atoms. The van der Waals surface area contributed by atoms with Gasteiger partial charge >= 0.3 is 5.97 Å². The highest BCUT2D eigenvalue weighted by Crippen LogP contribution is 2.20. The summed E-state index contributed by atoms with van der Waals surface area (Å²) in [6.45, 7) is 1.46. The molecular weight excluding hydrogens is 278 g/mol. The van der Waals surface area contributed by atoms with E-state index >= 15 is 0 Å². The Morgan fingerprint density at radius 2 is 1.83 bits per heavy atom. The lowest BCUT2D eigenvalue weighted by molar-refractivity contribution is -0.133. The molecule has 0 aromatic heterocycles. The Kier molecular flexibility index (Phi) is 4.37. The number of benzene rings is 1. The third-order valence-electron chi connectivity index (χ3n) is 2.30. The molecule has 0 bridgehead atoms. The van der Waals surface area contributed by atoms with E-state index in [1.807, 2.05) is 0 Å². The smallest absolute Gasteiger partial charge is 0.352 e. The van der Waals surface area contributed by atoms with Gasteiger partial charge in [-0.15, -0.1) is 0 Å². The summed E-state index contributed by atoms with van der Waals surface area (Å²) in [4.78, 5) is 10.9. The van der Waals surface area contributed by atoms with Crippen LogP contribution in [-0.2, 0) is 14.8 Å². The second kappa shape index (κ2) is 5.41. The van der Waals surface area contributed by atoms with Crippen molar-refractivity contribution >= 4 is 27.6 Å². The van der Waals surface area contributed by atoms with Gasteiger partial charge < -0.3 is 5.11 Å². The number of likely N-dealkylation sites (N-methyl/N-ethyl adjacent to an activating group) is 1. The molecule has 0 heterocycles. The second-order valence-corrected chi connectivity index (χ2v) is 5.81. The number of allylic oxidation sites excluding steroid dienone is 1. The Morgan fingerprint density at radius 1 is 1.33 bits per heavy atom. The van der Waals surface area contributed by atoms with Crippen LogP contribution >= 0.6 is 11.6 Å². The highest BCUT2D eigenvalue weighted by Gasteiger charge is 2.25. The van der Waals surface area contributed by atoms with Crippen LogP contribution in [0.1, 0.15) is 6.92 Å². The van der Waals surface area contributed by atoms with E-state index in [0.717, 1.165) is 4.31 Å². The summed E-state index contributed by atoms with van der Waals surface area (Å²) in [5.41, 5.74) is -0.315. The van der Waals surface area contributed by atoms with Crippen LogP contribution in [-0.4, -0.2) is 30.8 Å². The number of aliphatic carboxylic acids is 1. The monoisotopic (exact) mass is 289 g/mol. The van der Waals surface area contributed by atoms with E-state index in [2.05, 4.69) is 0 Å². The van der Waals surface area contributed by atoms with E-state index in [-0.39, 0.29) is 10.6 Å². The highest BCUT2D eigenvalue weighted by atomic mass is 35.5. The molecule has 0 spiro atoms. The fourth-order valence-corrected chi connectivity index (χ4v) is 2.70. The van der Waals surface area contributed by atoms with Crippen LogP contribution in [0.25, 0.3) is 0 Å². The minimum Gasteiger partial charge on any atom is -0.477 e.